The van der Waals surface area contributed by atoms with E-state index in [0.29, 0.717) is 6.42 Å². The molecule has 1 aromatic rings. The zero-order valence-electron chi connectivity index (χ0n) is 9.13. The molecule has 0 bridgehead atoms. The van der Waals surface area contributed by atoms with Crippen LogP contribution in [0.15, 0.2) is 24.5 Å². The fourth-order valence-corrected chi connectivity index (χ4v) is 1.60. The van der Waals surface area contributed by atoms with Gasteiger partial charge >= 0.3 is 5.97 Å². The van der Waals surface area contributed by atoms with Crippen molar-refractivity contribution in [2.24, 2.45) is 5.73 Å². The first-order valence-corrected chi connectivity index (χ1v) is 5.60. The van der Waals surface area contributed by atoms with Crippen LogP contribution in [-0.4, -0.2) is 23.1 Å². The van der Waals surface area contributed by atoms with E-state index in [1.165, 1.54) is 0 Å². The van der Waals surface area contributed by atoms with Crippen LogP contribution in [0.25, 0.3) is 0 Å². The number of carbonyl (C=O) groups is 1. The Bertz CT molecular complexity index is 349. The smallest absolute Gasteiger partial charge is 0.323 e. The molecular formula is C12H16N2O2. The summed E-state index contributed by atoms with van der Waals surface area (Å²) >= 11 is 0. The lowest BCUT2D eigenvalue weighted by Gasteiger charge is -2.26. The van der Waals surface area contributed by atoms with E-state index in [0.717, 1.165) is 24.8 Å². The second-order valence-electron chi connectivity index (χ2n) is 4.16. The minimum atomic E-state index is -0.579. The zero-order valence-corrected chi connectivity index (χ0v) is 9.13. The van der Waals surface area contributed by atoms with Crippen molar-refractivity contribution < 1.29 is 9.53 Å². The van der Waals surface area contributed by atoms with E-state index in [2.05, 4.69) is 4.98 Å². The molecule has 1 aromatic heterocycles. The largest absolute Gasteiger partial charge is 0.461 e. The Kier molecular flexibility index (Phi) is 3.51. The van der Waals surface area contributed by atoms with E-state index in [1.54, 1.807) is 12.4 Å². The van der Waals surface area contributed by atoms with Crippen LogP contribution in [0.5, 0.6) is 0 Å². The van der Waals surface area contributed by atoms with Gasteiger partial charge in [0.15, 0.2) is 0 Å². The Morgan fingerprint density at radius 3 is 3.00 bits per heavy atom. The minimum absolute atomic E-state index is 0.104. The van der Waals surface area contributed by atoms with E-state index in [-0.39, 0.29) is 12.1 Å². The summed E-state index contributed by atoms with van der Waals surface area (Å²) in [6.45, 7) is 0. The predicted octanol–water partition coefficient (Wildman–Crippen LogP) is 1.05. The van der Waals surface area contributed by atoms with E-state index >= 15 is 0 Å². The number of aromatic nitrogens is 1. The Labute approximate surface area is 94.8 Å². The molecule has 0 amide bonds. The number of ether oxygens (including phenoxy) is 1. The van der Waals surface area contributed by atoms with Gasteiger partial charge in [0.05, 0.1) is 0 Å². The topological polar surface area (TPSA) is 65.2 Å². The first kappa shape index (κ1) is 11.1. The van der Waals surface area contributed by atoms with Gasteiger partial charge in [-0.2, -0.15) is 0 Å². The van der Waals surface area contributed by atoms with Crippen LogP contribution in [0.2, 0.25) is 0 Å². The highest BCUT2D eigenvalue weighted by molar-refractivity contribution is 5.76. The van der Waals surface area contributed by atoms with Crippen molar-refractivity contribution in [1.82, 2.24) is 4.98 Å². The SMILES string of the molecule is NC(Cc1cccnc1)C(=O)OC1CCC1. The molecule has 86 valence electrons. The maximum absolute atomic E-state index is 11.6. The van der Waals surface area contributed by atoms with Crippen LogP contribution >= 0.6 is 0 Å². The molecule has 0 radical (unpaired) electrons. The average molecular weight is 220 g/mol. The maximum atomic E-state index is 11.6. The van der Waals surface area contributed by atoms with Crippen LogP contribution in [-0.2, 0) is 16.0 Å². The summed E-state index contributed by atoms with van der Waals surface area (Å²) in [7, 11) is 0. The normalized spacial score (nSPS) is 17.6. The second kappa shape index (κ2) is 5.07. The highest BCUT2D eigenvalue weighted by Gasteiger charge is 2.24. The zero-order chi connectivity index (χ0) is 11.4. The van der Waals surface area contributed by atoms with Crippen molar-refractivity contribution in [3.8, 4) is 0 Å². The first-order chi connectivity index (χ1) is 7.75. The number of pyridine rings is 1. The first-order valence-electron chi connectivity index (χ1n) is 5.60. The molecule has 4 nitrogen and oxygen atoms in total. The molecule has 1 aliphatic carbocycles. The molecule has 1 atom stereocenters. The lowest BCUT2D eigenvalue weighted by atomic mass is 9.96. The van der Waals surface area contributed by atoms with Crippen LogP contribution in [0, 0.1) is 0 Å². The van der Waals surface area contributed by atoms with Gasteiger partial charge in [0.1, 0.15) is 12.1 Å². The summed E-state index contributed by atoms with van der Waals surface area (Å²) in [5.41, 5.74) is 6.73. The number of esters is 1. The Hall–Kier alpha value is -1.42. The standard InChI is InChI=1S/C12H16N2O2/c13-11(7-9-3-2-6-14-8-9)12(15)16-10-4-1-5-10/h2-3,6,8,10-11H,1,4-5,7,13H2. The van der Waals surface area contributed by atoms with Gasteiger partial charge in [0, 0.05) is 12.4 Å². The van der Waals surface area contributed by atoms with Crippen LogP contribution in [0.3, 0.4) is 0 Å². The lowest BCUT2D eigenvalue weighted by Crippen LogP contribution is -2.38. The van der Waals surface area contributed by atoms with E-state index < -0.39 is 6.04 Å². The van der Waals surface area contributed by atoms with Crippen molar-refractivity contribution in [1.29, 1.82) is 0 Å². The summed E-state index contributed by atoms with van der Waals surface area (Å²) < 4.78 is 5.24. The second-order valence-corrected chi connectivity index (χ2v) is 4.16. The number of nitrogens with two attached hydrogens (primary N) is 1. The van der Waals surface area contributed by atoms with Crippen molar-refractivity contribution in [2.45, 2.75) is 37.8 Å². The van der Waals surface area contributed by atoms with Crippen molar-refractivity contribution in [3.63, 3.8) is 0 Å². The molecule has 1 saturated carbocycles. The Morgan fingerprint density at radius 1 is 1.62 bits per heavy atom. The maximum Gasteiger partial charge on any atom is 0.323 e. The van der Waals surface area contributed by atoms with Gasteiger partial charge in [-0.05, 0) is 37.3 Å². The third-order valence-corrected chi connectivity index (χ3v) is 2.82. The molecule has 1 heterocycles. The van der Waals surface area contributed by atoms with E-state index in [1.807, 2.05) is 12.1 Å². The summed E-state index contributed by atoms with van der Waals surface area (Å²) in [6.07, 6.45) is 7.11. The molecule has 1 unspecified atom stereocenters. The summed E-state index contributed by atoms with van der Waals surface area (Å²) in [4.78, 5) is 15.6. The van der Waals surface area contributed by atoms with Gasteiger partial charge in [0.25, 0.3) is 0 Å². The van der Waals surface area contributed by atoms with Gasteiger partial charge in [-0.15, -0.1) is 0 Å². The fourth-order valence-electron chi connectivity index (χ4n) is 1.60. The highest BCUT2D eigenvalue weighted by Crippen LogP contribution is 2.22. The number of rotatable bonds is 4. The molecule has 0 saturated heterocycles. The third kappa shape index (κ3) is 2.79. The number of hydrogen-bond acceptors (Lipinski definition) is 4. The molecule has 0 aromatic carbocycles. The molecule has 16 heavy (non-hydrogen) atoms. The summed E-state index contributed by atoms with van der Waals surface area (Å²) in [6, 6.07) is 3.16. The third-order valence-electron chi connectivity index (χ3n) is 2.82. The highest BCUT2D eigenvalue weighted by atomic mass is 16.5. The molecule has 0 spiro atoms. The number of nitrogens with zero attached hydrogens (tertiary/aromatic N) is 1. The summed E-state index contributed by atoms with van der Waals surface area (Å²) in [5, 5.41) is 0. The Morgan fingerprint density at radius 2 is 2.44 bits per heavy atom. The molecule has 4 heteroatoms. The van der Waals surface area contributed by atoms with Crippen molar-refractivity contribution >= 4 is 5.97 Å². The van der Waals surface area contributed by atoms with E-state index in [4.69, 9.17) is 10.5 Å². The quantitative estimate of drug-likeness (QED) is 0.770. The Balaban J connectivity index is 1.82. The molecule has 2 N–H and O–H groups in total. The number of hydrogen-bond donors (Lipinski definition) is 1. The molecule has 1 fully saturated rings. The predicted molar refractivity (Wildman–Crippen MR) is 59.6 cm³/mol. The van der Waals surface area contributed by atoms with Crippen LogP contribution in [0.1, 0.15) is 24.8 Å². The molecule has 1 aliphatic rings. The van der Waals surface area contributed by atoms with Gasteiger partial charge in [-0.3, -0.25) is 9.78 Å². The van der Waals surface area contributed by atoms with Crippen molar-refractivity contribution in [3.05, 3.63) is 30.1 Å². The fraction of sp³-hybridized carbons (Fsp3) is 0.500. The van der Waals surface area contributed by atoms with Gasteiger partial charge < -0.3 is 10.5 Å². The van der Waals surface area contributed by atoms with Crippen LogP contribution in [0.4, 0.5) is 0 Å². The summed E-state index contributed by atoms with van der Waals surface area (Å²) in [5.74, 6) is -0.298. The van der Waals surface area contributed by atoms with Gasteiger partial charge in [-0.25, -0.2) is 0 Å². The van der Waals surface area contributed by atoms with Gasteiger partial charge in [0.2, 0.25) is 0 Å². The van der Waals surface area contributed by atoms with E-state index in [9.17, 15) is 4.79 Å². The average Bonchev–Trinajstić information content (AvgIpc) is 2.24. The minimum Gasteiger partial charge on any atom is -0.461 e. The molecule has 2 rings (SSSR count). The van der Waals surface area contributed by atoms with Crippen molar-refractivity contribution in [2.75, 3.05) is 0 Å². The molecule has 0 aliphatic heterocycles. The van der Waals surface area contributed by atoms with Crippen LogP contribution < -0.4 is 5.73 Å². The van der Waals surface area contributed by atoms with Gasteiger partial charge in [-0.1, -0.05) is 6.07 Å². The monoisotopic (exact) mass is 220 g/mol. The number of carbonyl (C=O) groups excluding carboxylic acids is 1. The lowest BCUT2D eigenvalue weighted by molar-refractivity contribution is -0.154. The molecular weight excluding hydrogens is 204 g/mol.